The predicted octanol–water partition coefficient (Wildman–Crippen LogP) is 14.3. The summed E-state index contributed by atoms with van der Waals surface area (Å²) >= 11 is 0. The summed E-state index contributed by atoms with van der Waals surface area (Å²) in [6, 6.07) is 70.2. The highest BCUT2D eigenvalue weighted by atomic mass is 16.3. The minimum atomic E-state index is 0.910. The molecule has 0 fully saturated rings. The largest absolute Gasteiger partial charge is 0.455 e. The summed E-state index contributed by atoms with van der Waals surface area (Å²) in [5.41, 5.74) is 13.6. The van der Waals surface area contributed by atoms with E-state index in [1.54, 1.807) is 0 Å². The van der Waals surface area contributed by atoms with Gasteiger partial charge in [-0.1, -0.05) is 140 Å². The van der Waals surface area contributed by atoms with Crippen LogP contribution in [0.1, 0.15) is 0 Å². The first-order chi connectivity index (χ1) is 27.3. The van der Waals surface area contributed by atoms with Gasteiger partial charge in [0.2, 0.25) is 0 Å². The Kier molecular flexibility index (Phi) is 6.34. The smallest absolute Gasteiger partial charge is 0.143 e. The average molecular weight is 701 g/mol. The van der Waals surface area contributed by atoms with Gasteiger partial charge in [-0.2, -0.15) is 0 Å². The van der Waals surface area contributed by atoms with Gasteiger partial charge in [0.15, 0.2) is 0 Å². The van der Waals surface area contributed by atoms with Crippen LogP contribution in [0.5, 0.6) is 0 Å². The van der Waals surface area contributed by atoms with E-state index in [4.69, 9.17) is 4.42 Å². The van der Waals surface area contributed by atoms with E-state index >= 15 is 0 Å². The third kappa shape index (κ3) is 4.38. The zero-order valence-corrected chi connectivity index (χ0v) is 29.8. The number of fused-ring (bicyclic) bond motifs is 10. The molecule has 9 aromatic carbocycles. The van der Waals surface area contributed by atoms with Crippen molar-refractivity contribution in [2.24, 2.45) is 0 Å². The van der Waals surface area contributed by atoms with Crippen molar-refractivity contribution in [3.05, 3.63) is 194 Å². The van der Waals surface area contributed by atoms with Crippen LogP contribution in [0.3, 0.4) is 0 Å². The number of furan rings is 1. The normalized spacial score (nSPS) is 12.0. The molecule has 0 spiro atoms. The van der Waals surface area contributed by atoms with Crippen LogP contribution in [0, 0.1) is 0 Å². The number of benzene rings is 9. The van der Waals surface area contributed by atoms with Crippen molar-refractivity contribution in [2.75, 3.05) is 0 Å². The van der Waals surface area contributed by atoms with Crippen LogP contribution in [0.4, 0.5) is 0 Å². The van der Waals surface area contributed by atoms with Crippen LogP contribution < -0.4 is 0 Å². The summed E-state index contributed by atoms with van der Waals surface area (Å²) in [6.07, 6.45) is 0. The summed E-state index contributed by atoms with van der Waals surface area (Å²) in [5, 5.41) is 9.64. The van der Waals surface area contributed by atoms with E-state index in [0.717, 1.165) is 38.8 Å². The second-order valence-electron chi connectivity index (χ2n) is 14.5. The van der Waals surface area contributed by atoms with Gasteiger partial charge in [0.05, 0.1) is 27.8 Å². The fourth-order valence-electron chi connectivity index (χ4n) is 9.10. The number of rotatable bonds is 4. The van der Waals surface area contributed by atoms with Crippen LogP contribution in [-0.4, -0.2) is 9.13 Å². The molecule has 0 aliphatic heterocycles. The van der Waals surface area contributed by atoms with Crippen LogP contribution in [0.2, 0.25) is 0 Å². The molecule has 256 valence electrons. The highest BCUT2D eigenvalue weighted by Gasteiger charge is 2.19. The molecule has 0 atom stereocenters. The van der Waals surface area contributed by atoms with Gasteiger partial charge < -0.3 is 13.6 Å². The van der Waals surface area contributed by atoms with E-state index in [-0.39, 0.29) is 0 Å². The summed E-state index contributed by atoms with van der Waals surface area (Å²) in [4.78, 5) is 0. The van der Waals surface area contributed by atoms with Gasteiger partial charge in [-0.3, -0.25) is 0 Å². The minimum absolute atomic E-state index is 0.910. The summed E-state index contributed by atoms with van der Waals surface area (Å²) in [7, 11) is 0. The molecule has 3 heteroatoms. The predicted molar refractivity (Wildman–Crippen MR) is 231 cm³/mol. The first-order valence-corrected chi connectivity index (χ1v) is 18.9. The first-order valence-electron chi connectivity index (χ1n) is 18.9. The third-order valence-corrected chi connectivity index (χ3v) is 11.5. The lowest BCUT2D eigenvalue weighted by Gasteiger charge is -2.15. The number of para-hydroxylation sites is 5. The molecular formula is C52H32N2O. The van der Waals surface area contributed by atoms with Crippen LogP contribution in [0.25, 0.3) is 110 Å². The maximum atomic E-state index is 6.53. The van der Waals surface area contributed by atoms with Crippen molar-refractivity contribution >= 4 is 76.3 Å². The van der Waals surface area contributed by atoms with E-state index in [9.17, 15) is 0 Å². The van der Waals surface area contributed by atoms with Gasteiger partial charge in [0.1, 0.15) is 11.2 Å². The molecule has 0 bridgehead atoms. The molecule has 0 aliphatic rings. The van der Waals surface area contributed by atoms with Gasteiger partial charge in [-0.25, -0.2) is 0 Å². The number of aromatic nitrogens is 2. The third-order valence-electron chi connectivity index (χ3n) is 11.5. The Balaban J connectivity index is 1.07. The van der Waals surface area contributed by atoms with E-state index in [0.29, 0.717) is 0 Å². The Hall–Kier alpha value is -7.36. The highest BCUT2D eigenvalue weighted by molar-refractivity contribution is 6.15. The molecule has 12 rings (SSSR count). The second-order valence-corrected chi connectivity index (χ2v) is 14.5. The second kappa shape index (κ2) is 11.6. The standard InChI is InChI=1S/C52H32N2O/c1-2-13-35(14-3-1)53-46-23-7-5-16-40(46)45-31-33(28-30-49(45)53)34-27-29-41-39-15-4-8-24-47(39)54(50(41)32-34)48-25-12-19-36-37(18-10-20-38(36)48)43-21-11-22-44-42-17-6-9-26-51(42)55-52(43)44/h1-32H. The maximum absolute atomic E-state index is 6.53. The molecular weight excluding hydrogens is 669 g/mol. The number of hydrogen-bond acceptors (Lipinski definition) is 1. The van der Waals surface area contributed by atoms with Gasteiger partial charge in [-0.05, 0) is 76.7 Å². The van der Waals surface area contributed by atoms with Crippen molar-refractivity contribution in [3.8, 4) is 33.6 Å². The molecule has 3 aromatic heterocycles. The minimum Gasteiger partial charge on any atom is -0.455 e. The van der Waals surface area contributed by atoms with Crippen LogP contribution >= 0.6 is 0 Å². The molecule has 3 nitrogen and oxygen atoms in total. The molecule has 0 saturated carbocycles. The van der Waals surface area contributed by atoms with Gasteiger partial charge in [0, 0.05) is 49.0 Å². The Labute approximate surface area is 316 Å². The average Bonchev–Trinajstić information content (AvgIpc) is 3.91. The van der Waals surface area contributed by atoms with Gasteiger partial charge in [-0.15, -0.1) is 0 Å². The van der Waals surface area contributed by atoms with Gasteiger partial charge in [0.25, 0.3) is 0 Å². The molecule has 0 unspecified atom stereocenters. The number of nitrogens with zero attached hydrogens (tertiary/aromatic N) is 2. The van der Waals surface area contributed by atoms with Gasteiger partial charge >= 0.3 is 0 Å². The van der Waals surface area contributed by atoms with E-state index < -0.39 is 0 Å². The molecule has 0 amide bonds. The van der Waals surface area contributed by atoms with Crippen molar-refractivity contribution in [1.29, 1.82) is 0 Å². The fraction of sp³-hybridized carbons (Fsp3) is 0. The Bertz CT molecular complexity index is 3490. The molecule has 0 saturated heterocycles. The Morgan fingerprint density at radius 2 is 0.891 bits per heavy atom. The molecule has 0 radical (unpaired) electrons. The Morgan fingerprint density at radius 1 is 0.309 bits per heavy atom. The quantitative estimate of drug-likeness (QED) is 0.179. The summed E-state index contributed by atoms with van der Waals surface area (Å²) in [6.45, 7) is 0. The molecule has 0 N–H and O–H groups in total. The lowest BCUT2D eigenvalue weighted by Crippen LogP contribution is -1.96. The first kappa shape index (κ1) is 30.1. The molecule has 12 aromatic rings. The highest BCUT2D eigenvalue weighted by Crippen LogP contribution is 2.42. The zero-order valence-electron chi connectivity index (χ0n) is 29.8. The summed E-state index contributed by atoms with van der Waals surface area (Å²) in [5.74, 6) is 0. The van der Waals surface area contributed by atoms with Crippen LogP contribution in [-0.2, 0) is 0 Å². The topological polar surface area (TPSA) is 23.0 Å². The SMILES string of the molecule is c1ccc(-n2c3ccccc3c3cc(-c4ccc5c6ccccc6n(-c6cccc7c(-c8cccc9c8oc8ccccc89)cccc67)c5c4)ccc32)cc1. The molecule has 0 aliphatic carbocycles. The lowest BCUT2D eigenvalue weighted by molar-refractivity contribution is 0.670. The molecule has 3 heterocycles. The monoisotopic (exact) mass is 700 g/mol. The maximum Gasteiger partial charge on any atom is 0.143 e. The van der Waals surface area contributed by atoms with E-state index in [1.807, 2.05) is 6.07 Å². The number of hydrogen-bond donors (Lipinski definition) is 0. The van der Waals surface area contributed by atoms with Crippen molar-refractivity contribution in [3.63, 3.8) is 0 Å². The fourth-order valence-corrected chi connectivity index (χ4v) is 9.10. The Morgan fingerprint density at radius 3 is 1.75 bits per heavy atom. The summed E-state index contributed by atoms with van der Waals surface area (Å²) < 4.78 is 11.4. The lowest BCUT2D eigenvalue weighted by atomic mass is 9.96. The van der Waals surface area contributed by atoms with Crippen molar-refractivity contribution in [1.82, 2.24) is 9.13 Å². The van der Waals surface area contributed by atoms with Crippen molar-refractivity contribution in [2.45, 2.75) is 0 Å². The zero-order chi connectivity index (χ0) is 36.0. The van der Waals surface area contributed by atoms with Crippen molar-refractivity contribution < 1.29 is 4.42 Å². The van der Waals surface area contributed by atoms with E-state index in [1.165, 1.54) is 71.2 Å². The van der Waals surface area contributed by atoms with Crippen LogP contribution in [0.15, 0.2) is 199 Å². The molecule has 55 heavy (non-hydrogen) atoms. The van der Waals surface area contributed by atoms with E-state index in [2.05, 4.69) is 197 Å².